The summed E-state index contributed by atoms with van der Waals surface area (Å²) in [7, 11) is 1.26. The molecule has 0 saturated carbocycles. The second kappa shape index (κ2) is 10.2. The van der Waals surface area contributed by atoms with E-state index in [1.54, 1.807) is 30.3 Å². The molecule has 2 N–H and O–H groups in total. The first kappa shape index (κ1) is 21.9. The van der Waals surface area contributed by atoms with Gasteiger partial charge in [-0.05, 0) is 66.8 Å². The zero-order valence-electron chi connectivity index (χ0n) is 17.2. The first-order chi connectivity index (χ1) is 13.8. The van der Waals surface area contributed by atoms with Crippen LogP contribution in [0.5, 0.6) is 0 Å². The molecule has 0 saturated heterocycles. The van der Waals surface area contributed by atoms with E-state index in [1.165, 1.54) is 24.3 Å². The molecule has 0 aliphatic heterocycles. The number of aryl methyl sites for hydroxylation is 3. The van der Waals surface area contributed by atoms with Gasteiger partial charge >= 0.3 is 5.97 Å². The van der Waals surface area contributed by atoms with Crippen molar-refractivity contribution in [2.75, 3.05) is 19.0 Å². The fourth-order valence-corrected chi connectivity index (χ4v) is 2.71. The van der Waals surface area contributed by atoms with Crippen molar-refractivity contribution in [2.45, 2.75) is 27.2 Å². The van der Waals surface area contributed by atoms with Gasteiger partial charge in [-0.15, -0.1) is 0 Å². The minimum Gasteiger partial charge on any atom is -0.468 e. The molecule has 0 heterocycles. The maximum atomic E-state index is 12.2. The van der Waals surface area contributed by atoms with E-state index in [9.17, 15) is 14.4 Å². The first-order valence-electron chi connectivity index (χ1n) is 9.28. The van der Waals surface area contributed by atoms with E-state index >= 15 is 0 Å². The zero-order chi connectivity index (χ0) is 21.4. The van der Waals surface area contributed by atoms with Gasteiger partial charge in [-0.25, -0.2) is 0 Å². The van der Waals surface area contributed by atoms with Gasteiger partial charge in [0.25, 0.3) is 0 Å². The zero-order valence-corrected chi connectivity index (χ0v) is 17.2. The van der Waals surface area contributed by atoms with Crippen LogP contribution in [-0.2, 0) is 25.5 Å². The van der Waals surface area contributed by atoms with Crippen molar-refractivity contribution in [3.63, 3.8) is 0 Å². The van der Waals surface area contributed by atoms with Gasteiger partial charge < -0.3 is 15.4 Å². The largest absolute Gasteiger partial charge is 0.468 e. The molecule has 2 aromatic carbocycles. The molecule has 0 atom stereocenters. The van der Waals surface area contributed by atoms with Crippen molar-refractivity contribution in [1.29, 1.82) is 0 Å². The summed E-state index contributed by atoms with van der Waals surface area (Å²) in [5.74, 6) is -1.01. The lowest BCUT2D eigenvalue weighted by Crippen LogP contribution is -2.31. The number of rotatable bonds is 7. The number of anilines is 1. The maximum absolute atomic E-state index is 12.2. The van der Waals surface area contributed by atoms with Gasteiger partial charge in [-0.2, -0.15) is 0 Å². The molecule has 2 rings (SSSR count). The molecule has 0 radical (unpaired) electrons. The summed E-state index contributed by atoms with van der Waals surface area (Å²) in [4.78, 5) is 35.0. The lowest BCUT2D eigenvalue weighted by atomic mass is 10.0. The Labute approximate surface area is 171 Å². The minimum absolute atomic E-state index is 0.136. The Bertz CT molecular complexity index is 931. The second-order valence-electron chi connectivity index (χ2n) is 6.84. The van der Waals surface area contributed by atoms with Crippen LogP contribution in [0.15, 0.2) is 42.5 Å². The van der Waals surface area contributed by atoms with E-state index < -0.39 is 5.97 Å². The van der Waals surface area contributed by atoms with Crippen molar-refractivity contribution in [3.8, 4) is 0 Å². The van der Waals surface area contributed by atoms with Crippen molar-refractivity contribution in [3.05, 3.63) is 70.3 Å². The third-order valence-electron chi connectivity index (χ3n) is 4.54. The molecule has 6 heteroatoms. The highest BCUT2D eigenvalue weighted by molar-refractivity contribution is 6.02. The number of carbonyl (C=O) groups excluding carboxylic acids is 3. The summed E-state index contributed by atoms with van der Waals surface area (Å²) in [6, 6.07) is 11.1. The Morgan fingerprint density at radius 3 is 2.28 bits per heavy atom. The number of amides is 2. The first-order valence-corrected chi connectivity index (χ1v) is 9.28. The summed E-state index contributed by atoms with van der Waals surface area (Å²) in [5, 5.41) is 5.28. The molecule has 2 aromatic rings. The van der Waals surface area contributed by atoms with Crippen molar-refractivity contribution in [1.82, 2.24) is 5.32 Å². The van der Waals surface area contributed by atoms with Gasteiger partial charge in [0, 0.05) is 11.8 Å². The van der Waals surface area contributed by atoms with Crippen molar-refractivity contribution < 1.29 is 19.1 Å². The highest BCUT2D eigenvalue weighted by Crippen LogP contribution is 2.17. The van der Waals surface area contributed by atoms with E-state index in [-0.39, 0.29) is 24.8 Å². The number of esters is 1. The minimum atomic E-state index is -0.500. The molecular formula is C23H26N2O4. The summed E-state index contributed by atoms with van der Waals surface area (Å²) < 4.78 is 4.47. The van der Waals surface area contributed by atoms with E-state index in [1.807, 2.05) is 13.8 Å². The van der Waals surface area contributed by atoms with E-state index in [4.69, 9.17) is 0 Å². The number of carbonyl (C=O) groups is 3. The SMILES string of the molecule is COC(=O)CNC(=O)Cc1ccc(NC(=O)/C=C/c2cc(C)c(C)cc2C)cc1. The van der Waals surface area contributed by atoms with Crippen LogP contribution in [0.2, 0.25) is 0 Å². The van der Waals surface area contributed by atoms with Gasteiger partial charge in [0.15, 0.2) is 0 Å². The summed E-state index contributed by atoms with van der Waals surface area (Å²) >= 11 is 0. The van der Waals surface area contributed by atoms with Crippen molar-refractivity contribution in [2.24, 2.45) is 0 Å². The Hall–Kier alpha value is -3.41. The van der Waals surface area contributed by atoms with Gasteiger partial charge in [-0.3, -0.25) is 14.4 Å². The summed E-state index contributed by atoms with van der Waals surface area (Å²) in [6.45, 7) is 5.97. The normalized spacial score (nSPS) is 10.6. The summed E-state index contributed by atoms with van der Waals surface area (Å²) in [5.41, 5.74) is 5.94. The van der Waals surface area contributed by atoms with Crippen LogP contribution in [-0.4, -0.2) is 31.4 Å². The van der Waals surface area contributed by atoms with Crippen LogP contribution in [0.1, 0.15) is 27.8 Å². The summed E-state index contributed by atoms with van der Waals surface area (Å²) in [6.07, 6.45) is 3.44. The quantitative estimate of drug-likeness (QED) is 0.558. The van der Waals surface area contributed by atoms with Crippen LogP contribution >= 0.6 is 0 Å². The molecule has 29 heavy (non-hydrogen) atoms. The van der Waals surface area contributed by atoms with Gasteiger partial charge in [0.2, 0.25) is 11.8 Å². The standard InChI is InChI=1S/C23H26N2O4/c1-15-11-17(3)19(12-16(15)2)7-10-21(26)25-20-8-5-18(6-9-20)13-22(27)24-14-23(28)29-4/h5-12H,13-14H2,1-4H3,(H,24,27)(H,25,26)/b10-7+. The number of methoxy groups -OCH3 is 1. The molecule has 152 valence electrons. The average Bonchev–Trinajstić information content (AvgIpc) is 2.69. The molecule has 0 aliphatic carbocycles. The van der Waals surface area contributed by atoms with Gasteiger partial charge in [0.1, 0.15) is 6.54 Å². The monoisotopic (exact) mass is 394 g/mol. The number of hydrogen-bond donors (Lipinski definition) is 2. The Morgan fingerprint density at radius 2 is 1.62 bits per heavy atom. The molecule has 0 aliphatic rings. The van der Waals surface area contributed by atoms with E-state index in [2.05, 4.69) is 34.4 Å². The third kappa shape index (κ3) is 6.92. The van der Waals surface area contributed by atoms with Crippen LogP contribution in [0.3, 0.4) is 0 Å². The highest BCUT2D eigenvalue weighted by Gasteiger charge is 2.07. The van der Waals surface area contributed by atoms with Crippen molar-refractivity contribution >= 4 is 29.5 Å². The molecule has 0 aromatic heterocycles. The van der Waals surface area contributed by atoms with E-state index in [0.29, 0.717) is 5.69 Å². The topological polar surface area (TPSA) is 84.5 Å². The molecule has 0 unspecified atom stereocenters. The fourth-order valence-electron chi connectivity index (χ4n) is 2.71. The lowest BCUT2D eigenvalue weighted by molar-refractivity contribution is -0.141. The van der Waals surface area contributed by atoms with Gasteiger partial charge in [-0.1, -0.05) is 24.3 Å². The second-order valence-corrected chi connectivity index (χ2v) is 6.84. The highest BCUT2D eigenvalue weighted by atomic mass is 16.5. The molecule has 0 fully saturated rings. The van der Waals surface area contributed by atoms with Crippen LogP contribution in [0.25, 0.3) is 6.08 Å². The van der Waals surface area contributed by atoms with Crippen LogP contribution in [0, 0.1) is 20.8 Å². The Balaban J connectivity index is 1.90. The number of hydrogen-bond acceptors (Lipinski definition) is 4. The third-order valence-corrected chi connectivity index (χ3v) is 4.54. The Kier molecular flexibility index (Phi) is 7.71. The molecule has 0 spiro atoms. The Morgan fingerprint density at radius 1 is 0.966 bits per heavy atom. The molecule has 2 amide bonds. The number of benzene rings is 2. The van der Waals surface area contributed by atoms with Crippen LogP contribution in [0.4, 0.5) is 5.69 Å². The average molecular weight is 394 g/mol. The number of nitrogens with one attached hydrogen (secondary N) is 2. The predicted octanol–water partition coefficient (Wildman–Crippen LogP) is 3.10. The van der Waals surface area contributed by atoms with E-state index in [0.717, 1.165) is 16.7 Å². The van der Waals surface area contributed by atoms with Gasteiger partial charge in [0.05, 0.1) is 13.5 Å². The predicted molar refractivity (Wildman–Crippen MR) is 113 cm³/mol. The lowest BCUT2D eigenvalue weighted by Gasteiger charge is -2.07. The molecular weight excluding hydrogens is 368 g/mol. The fraction of sp³-hybridized carbons (Fsp3) is 0.261. The molecule has 0 bridgehead atoms. The molecule has 6 nitrogen and oxygen atoms in total. The maximum Gasteiger partial charge on any atom is 0.325 e. The number of ether oxygens (including phenoxy) is 1. The van der Waals surface area contributed by atoms with Crippen LogP contribution < -0.4 is 10.6 Å². The smallest absolute Gasteiger partial charge is 0.325 e.